The summed E-state index contributed by atoms with van der Waals surface area (Å²) in [4.78, 5) is 0. The molecule has 0 bridgehead atoms. The van der Waals surface area contributed by atoms with Crippen LogP contribution in [0.2, 0.25) is 0 Å². The molecule has 0 aromatic carbocycles. The molecule has 0 saturated heterocycles. The summed E-state index contributed by atoms with van der Waals surface area (Å²) in [6.45, 7) is 5.05. The molecule has 132 valence electrons. The third-order valence-corrected chi connectivity index (χ3v) is 8.21. The van der Waals surface area contributed by atoms with E-state index in [1.165, 1.54) is 50.6 Å². The van der Waals surface area contributed by atoms with Crippen LogP contribution in [-0.4, -0.2) is 5.11 Å². The molecular weight excluding hydrogens is 314 g/mol. The Labute approximate surface area is 151 Å². The van der Waals surface area contributed by atoms with E-state index >= 15 is 0 Å². The van der Waals surface area contributed by atoms with Crippen molar-refractivity contribution in [2.75, 3.05) is 0 Å². The Balaban J connectivity index is 1.56. The van der Waals surface area contributed by atoms with Gasteiger partial charge in [0.25, 0.3) is 0 Å². The summed E-state index contributed by atoms with van der Waals surface area (Å²) in [5.41, 5.74) is 14.0. The number of fused-ring (bicyclic) bond motifs is 5. The highest BCUT2D eigenvalue weighted by molar-refractivity contribution is 7.80. The molecule has 24 heavy (non-hydrogen) atoms. The van der Waals surface area contributed by atoms with Crippen molar-refractivity contribution < 1.29 is 0 Å². The normalized spacial score (nSPS) is 46.3. The Hall–Kier alpha value is -1.03. The number of rotatable bonds is 2. The number of thiocarbonyl (C=S) groups is 1. The summed E-state index contributed by atoms with van der Waals surface area (Å²) in [6, 6.07) is 0. The molecule has 4 heteroatoms. The van der Waals surface area contributed by atoms with E-state index in [4.69, 9.17) is 18.0 Å². The zero-order valence-corrected chi connectivity index (χ0v) is 15.8. The maximum Gasteiger partial charge on any atom is 0.182 e. The van der Waals surface area contributed by atoms with Gasteiger partial charge in [0, 0.05) is 11.1 Å². The minimum atomic E-state index is 0.257. The van der Waals surface area contributed by atoms with Gasteiger partial charge in [-0.05, 0) is 86.3 Å². The number of hydrogen-bond donors (Lipinski definition) is 3. The SMILES string of the molecule is C[C@]12CC=CC[C@@H]1CC[C@@H]1[C@H]2CC[C@@]2(C)C(NNC(N)=S)=CC[C@H]12. The molecule has 0 aliphatic heterocycles. The van der Waals surface area contributed by atoms with Gasteiger partial charge < -0.3 is 11.2 Å². The average molecular weight is 346 g/mol. The smallest absolute Gasteiger partial charge is 0.182 e. The maximum absolute atomic E-state index is 5.60. The van der Waals surface area contributed by atoms with Crippen LogP contribution in [0.3, 0.4) is 0 Å². The van der Waals surface area contributed by atoms with Crippen molar-refractivity contribution in [3.8, 4) is 0 Å². The third kappa shape index (κ3) is 2.33. The first-order valence-electron chi connectivity index (χ1n) is 9.62. The fraction of sp³-hybridized carbons (Fsp3) is 0.750. The monoisotopic (exact) mass is 345 g/mol. The average Bonchev–Trinajstić information content (AvgIpc) is 2.89. The van der Waals surface area contributed by atoms with Gasteiger partial charge >= 0.3 is 0 Å². The molecule has 0 radical (unpaired) electrons. The molecule has 2 saturated carbocycles. The van der Waals surface area contributed by atoms with E-state index in [-0.39, 0.29) is 5.41 Å². The molecule has 0 amide bonds. The summed E-state index contributed by atoms with van der Waals surface area (Å²) in [5.74, 6) is 3.46. The van der Waals surface area contributed by atoms with Crippen LogP contribution in [0.15, 0.2) is 23.9 Å². The van der Waals surface area contributed by atoms with Gasteiger partial charge in [-0.3, -0.25) is 5.43 Å². The molecule has 4 aliphatic carbocycles. The van der Waals surface area contributed by atoms with E-state index in [0.717, 1.165) is 23.7 Å². The zero-order valence-electron chi connectivity index (χ0n) is 15.0. The predicted molar refractivity (Wildman–Crippen MR) is 103 cm³/mol. The summed E-state index contributed by atoms with van der Waals surface area (Å²) in [6.07, 6.45) is 16.6. The molecule has 0 heterocycles. The molecule has 2 fully saturated rings. The first-order valence-corrected chi connectivity index (χ1v) is 10.0. The number of nitrogens with one attached hydrogen (secondary N) is 2. The largest absolute Gasteiger partial charge is 0.375 e. The van der Waals surface area contributed by atoms with E-state index in [1.54, 1.807) is 0 Å². The third-order valence-electron chi connectivity index (χ3n) is 8.11. The Morgan fingerprint density at radius 1 is 1.17 bits per heavy atom. The molecule has 4 N–H and O–H groups in total. The van der Waals surface area contributed by atoms with Crippen LogP contribution in [0, 0.1) is 34.5 Å². The Morgan fingerprint density at radius 3 is 2.79 bits per heavy atom. The first kappa shape index (κ1) is 16.4. The maximum atomic E-state index is 5.60. The highest BCUT2D eigenvalue weighted by Crippen LogP contribution is 2.65. The van der Waals surface area contributed by atoms with E-state index in [9.17, 15) is 0 Å². The Bertz CT molecular complexity index is 598. The molecule has 0 spiro atoms. The predicted octanol–water partition coefficient (Wildman–Crippen LogP) is 4.03. The zero-order chi connectivity index (χ0) is 16.9. The highest BCUT2D eigenvalue weighted by atomic mass is 32.1. The van der Waals surface area contributed by atoms with Crippen LogP contribution in [-0.2, 0) is 0 Å². The van der Waals surface area contributed by atoms with Gasteiger partial charge in [-0.15, -0.1) is 0 Å². The second kappa shape index (κ2) is 5.76. The molecule has 0 aromatic heterocycles. The van der Waals surface area contributed by atoms with Crippen molar-refractivity contribution in [1.82, 2.24) is 10.9 Å². The Kier molecular flexibility index (Phi) is 3.94. The van der Waals surface area contributed by atoms with Crippen LogP contribution in [0.4, 0.5) is 0 Å². The highest BCUT2D eigenvalue weighted by Gasteiger charge is 2.57. The van der Waals surface area contributed by atoms with Gasteiger partial charge in [-0.1, -0.05) is 32.1 Å². The molecular formula is C20H31N3S. The Morgan fingerprint density at radius 2 is 2.00 bits per heavy atom. The van der Waals surface area contributed by atoms with Gasteiger partial charge in [-0.25, -0.2) is 0 Å². The first-order chi connectivity index (χ1) is 11.4. The molecule has 0 aromatic rings. The van der Waals surface area contributed by atoms with E-state index in [2.05, 4.69) is 42.9 Å². The van der Waals surface area contributed by atoms with Crippen LogP contribution in [0.1, 0.15) is 58.8 Å². The van der Waals surface area contributed by atoms with Gasteiger partial charge in [0.2, 0.25) is 0 Å². The lowest BCUT2D eigenvalue weighted by atomic mass is 9.46. The lowest BCUT2D eigenvalue weighted by Gasteiger charge is -2.59. The second-order valence-electron chi connectivity index (χ2n) is 8.99. The fourth-order valence-electron chi connectivity index (χ4n) is 6.73. The van der Waals surface area contributed by atoms with Crippen LogP contribution in [0.5, 0.6) is 0 Å². The standard InChI is InChI=1S/C20H31N3S/c1-19-11-4-3-5-13(19)6-7-14-15-8-9-17(22-23-18(21)24)20(15,2)12-10-16(14)19/h3-4,9,13-16,22H,5-8,10-12H2,1-2H3,(H3,21,23,24)/t13-,14+,15-,16-,19+,20-/m1/s1. The van der Waals surface area contributed by atoms with Crippen molar-refractivity contribution in [3.05, 3.63) is 23.9 Å². The second-order valence-corrected chi connectivity index (χ2v) is 9.43. The van der Waals surface area contributed by atoms with Gasteiger partial charge in [0.05, 0.1) is 0 Å². The fourth-order valence-corrected chi connectivity index (χ4v) is 6.78. The quantitative estimate of drug-likeness (QED) is 0.402. The minimum absolute atomic E-state index is 0.257. The van der Waals surface area contributed by atoms with Crippen LogP contribution in [0.25, 0.3) is 0 Å². The van der Waals surface area contributed by atoms with Crippen LogP contribution < -0.4 is 16.6 Å². The molecule has 4 aliphatic rings. The van der Waals surface area contributed by atoms with Crippen LogP contribution >= 0.6 is 12.2 Å². The van der Waals surface area contributed by atoms with Gasteiger partial charge in [-0.2, -0.15) is 0 Å². The van der Waals surface area contributed by atoms with Crippen molar-refractivity contribution >= 4 is 17.3 Å². The van der Waals surface area contributed by atoms with Gasteiger partial charge in [0.15, 0.2) is 5.11 Å². The molecule has 3 nitrogen and oxygen atoms in total. The van der Waals surface area contributed by atoms with Crippen molar-refractivity contribution in [2.24, 2.45) is 40.2 Å². The number of nitrogens with two attached hydrogens (primary N) is 1. The van der Waals surface area contributed by atoms with E-state index < -0.39 is 0 Å². The summed E-state index contributed by atoms with van der Waals surface area (Å²) >= 11 is 4.95. The van der Waals surface area contributed by atoms with E-state index in [1.807, 2.05) is 0 Å². The minimum Gasteiger partial charge on any atom is -0.375 e. The number of hydrogen-bond acceptors (Lipinski definition) is 2. The molecule has 6 atom stereocenters. The topological polar surface area (TPSA) is 50.1 Å². The van der Waals surface area contributed by atoms with Gasteiger partial charge in [0.1, 0.15) is 0 Å². The van der Waals surface area contributed by atoms with Crippen molar-refractivity contribution in [2.45, 2.75) is 58.8 Å². The summed E-state index contributed by atoms with van der Waals surface area (Å²) < 4.78 is 0. The summed E-state index contributed by atoms with van der Waals surface area (Å²) in [7, 11) is 0. The number of allylic oxidation sites excluding steroid dienone is 4. The number of hydrazine groups is 1. The van der Waals surface area contributed by atoms with Crippen molar-refractivity contribution in [3.63, 3.8) is 0 Å². The van der Waals surface area contributed by atoms with Crippen molar-refractivity contribution in [1.29, 1.82) is 0 Å². The molecule has 4 rings (SSSR count). The lowest BCUT2D eigenvalue weighted by Crippen LogP contribution is -2.53. The van der Waals surface area contributed by atoms with E-state index in [0.29, 0.717) is 10.5 Å². The summed E-state index contributed by atoms with van der Waals surface area (Å²) in [5, 5.41) is 0.318. The lowest BCUT2D eigenvalue weighted by molar-refractivity contribution is -0.0834. The molecule has 0 unspecified atom stereocenters.